The molecule has 1 N–H and O–H groups in total. The van der Waals surface area contributed by atoms with E-state index >= 15 is 0 Å². The number of anilines is 2. The van der Waals surface area contributed by atoms with Gasteiger partial charge in [0.25, 0.3) is 0 Å². The number of hydrogen-bond acceptors (Lipinski definition) is 4. The second kappa shape index (κ2) is 5.82. The molecule has 2 rings (SSSR count). The van der Waals surface area contributed by atoms with Crippen molar-refractivity contribution in [3.8, 4) is 5.75 Å². The Labute approximate surface area is 112 Å². The van der Waals surface area contributed by atoms with Gasteiger partial charge in [0.05, 0.1) is 24.7 Å². The average Bonchev–Trinajstić information content (AvgIpc) is 2.47. The van der Waals surface area contributed by atoms with Gasteiger partial charge in [-0.15, -0.1) is 0 Å². The molecule has 0 bridgehead atoms. The summed E-state index contributed by atoms with van der Waals surface area (Å²) in [6, 6.07) is 5.60. The van der Waals surface area contributed by atoms with E-state index in [4.69, 9.17) is 4.74 Å². The Morgan fingerprint density at radius 3 is 2.79 bits per heavy atom. The monoisotopic (exact) mass is 253 g/mol. The zero-order chi connectivity index (χ0) is 13.7. The molecule has 0 atom stereocenters. The van der Waals surface area contributed by atoms with Gasteiger partial charge in [-0.25, -0.2) is 4.98 Å². The van der Waals surface area contributed by atoms with Crippen LogP contribution in [0.15, 0.2) is 43.8 Å². The van der Waals surface area contributed by atoms with Gasteiger partial charge >= 0.3 is 0 Å². The fourth-order valence-electron chi connectivity index (χ4n) is 1.68. The molecule has 0 saturated heterocycles. The minimum Gasteiger partial charge on any atom is -0.493 e. The Hall–Kier alpha value is -2.62. The first-order valence-electron chi connectivity index (χ1n) is 5.79. The maximum Gasteiger partial charge on any atom is 0.173 e. The molecule has 0 amide bonds. The van der Waals surface area contributed by atoms with E-state index < -0.39 is 0 Å². The normalized spacial score (nSPS) is 9.74. The van der Waals surface area contributed by atoms with Crippen LogP contribution in [0.3, 0.4) is 0 Å². The summed E-state index contributed by atoms with van der Waals surface area (Å²) in [7, 11) is 1.61. The number of methoxy groups -OCH3 is 1. The summed E-state index contributed by atoms with van der Waals surface area (Å²) in [5.74, 6) is 1.32. The van der Waals surface area contributed by atoms with Crippen LogP contribution < -0.4 is 10.1 Å². The summed E-state index contributed by atoms with van der Waals surface area (Å²) in [6.45, 7) is 7.48. The Kier molecular flexibility index (Phi) is 3.93. The van der Waals surface area contributed by atoms with E-state index in [2.05, 4.69) is 28.4 Å². The Morgan fingerprint density at radius 2 is 2.11 bits per heavy atom. The van der Waals surface area contributed by atoms with Crippen molar-refractivity contribution in [3.63, 3.8) is 0 Å². The van der Waals surface area contributed by atoms with Crippen LogP contribution in [-0.4, -0.2) is 17.1 Å². The summed E-state index contributed by atoms with van der Waals surface area (Å²) in [5, 5.41) is 3.17. The molecular formula is C15H15N3O. The minimum absolute atomic E-state index is 0.646. The zero-order valence-corrected chi connectivity index (χ0v) is 10.8. The summed E-state index contributed by atoms with van der Waals surface area (Å²) in [4.78, 5) is 8.53. The molecule has 0 unspecified atom stereocenters. The lowest BCUT2D eigenvalue weighted by Gasteiger charge is -2.10. The highest BCUT2D eigenvalue weighted by molar-refractivity contribution is 5.68. The van der Waals surface area contributed by atoms with Gasteiger partial charge in [0.2, 0.25) is 0 Å². The van der Waals surface area contributed by atoms with E-state index in [0.29, 0.717) is 11.6 Å². The van der Waals surface area contributed by atoms with Crippen LogP contribution in [0, 0.1) is 0 Å². The molecule has 0 aliphatic carbocycles. The minimum atomic E-state index is 0.646. The molecule has 0 aliphatic rings. The first-order valence-corrected chi connectivity index (χ1v) is 5.79. The van der Waals surface area contributed by atoms with E-state index in [1.165, 1.54) is 0 Å². The number of nitrogens with one attached hydrogen (secondary N) is 1. The quantitative estimate of drug-likeness (QED) is 0.885. The maximum absolute atomic E-state index is 5.24. The standard InChI is InChI=1S/C15H15N3O/c1-4-11-9-12(10-17-13(11)5-2)18-15-14(19-3)7-6-8-16-15/h4-10H,1-2H2,3H3,(H,16,18). The van der Waals surface area contributed by atoms with Gasteiger partial charge in [0.1, 0.15) is 0 Å². The van der Waals surface area contributed by atoms with Gasteiger partial charge in [0, 0.05) is 11.8 Å². The van der Waals surface area contributed by atoms with Gasteiger partial charge in [-0.2, -0.15) is 0 Å². The molecule has 19 heavy (non-hydrogen) atoms. The molecule has 4 heteroatoms. The van der Waals surface area contributed by atoms with Crippen LogP contribution in [0.2, 0.25) is 0 Å². The van der Waals surface area contributed by atoms with Crippen molar-refractivity contribution >= 4 is 23.7 Å². The van der Waals surface area contributed by atoms with Crippen LogP contribution >= 0.6 is 0 Å². The van der Waals surface area contributed by atoms with Gasteiger partial charge in [0.15, 0.2) is 11.6 Å². The highest BCUT2D eigenvalue weighted by atomic mass is 16.5. The van der Waals surface area contributed by atoms with Crippen LogP contribution in [0.5, 0.6) is 5.75 Å². The van der Waals surface area contributed by atoms with E-state index in [1.54, 1.807) is 31.7 Å². The Bertz CT molecular complexity index is 608. The molecule has 0 radical (unpaired) electrons. The molecular weight excluding hydrogens is 238 g/mol. The SMILES string of the molecule is C=Cc1cc(Nc2ncccc2OC)cnc1C=C. The molecule has 2 aromatic rings. The third-order valence-corrected chi connectivity index (χ3v) is 2.62. The second-order valence-electron chi connectivity index (χ2n) is 3.79. The number of pyridine rings is 2. The Morgan fingerprint density at radius 1 is 1.26 bits per heavy atom. The predicted octanol–water partition coefficient (Wildman–Crippen LogP) is 3.51. The molecule has 4 nitrogen and oxygen atoms in total. The van der Waals surface area contributed by atoms with Gasteiger partial charge in [-0.05, 0) is 24.3 Å². The molecule has 0 saturated carbocycles. The van der Waals surface area contributed by atoms with Crippen molar-refractivity contribution < 1.29 is 4.74 Å². The number of hydrogen-bond donors (Lipinski definition) is 1. The van der Waals surface area contributed by atoms with Crippen molar-refractivity contribution in [3.05, 3.63) is 55.0 Å². The maximum atomic E-state index is 5.24. The van der Waals surface area contributed by atoms with Crippen LogP contribution in [0.4, 0.5) is 11.5 Å². The van der Waals surface area contributed by atoms with Crippen molar-refractivity contribution in [2.24, 2.45) is 0 Å². The van der Waals surface area contributed by atoms with E-state index in [-0.39, 0.29) is 0 Å². The van der Waals surface area contributed by atoms with Crippen molar-refractivity contribution in [2.45, 2.75) is 0 Å². The van der Waals surface area contributed by atoms with Crippen LogP contribution in [0.1, 0.15) is 11.3 Å². The van der Waals surface area contributed by atoms with E-state index in [9.17, 15) is 0 Å². The first-order chi connectivity index (χ1) is 9.28. The fourth-order valence-corrected chi connectivity index (χ4v) is 1.68. The third kappa shape index (κ3) is 2.80. The fraction of sp³-hybridized carbons (Fsp3) is 0.0667. The molecule has 2 heterocycles. The summed E-state index contributed by atoms with van der Waals surface area (Å²) in [6.07, 6.45) is 6.86. The lowest BCUT2D eigenvalue weighted by atomic mass is 10.2. The molecule has 96 valence electrons. The van der Waals surface area contributed by atoms with Gasteiger partial charge in [-0.3, -0.25) is 4.98 Å². The molecule has 2 aromatic heterocycles. The molecule has 0 fully saturated rings. The molecule has 0 aromatic carbocycles. The van der Waals surface area contributed by atoms with Crippen LogP contribution in [0.25, 0.3) is 12.2 Å². The second-order valence-corrected chi connectivity index (χ2v) is 3.79. The van der Waals surface area contributed by atoms with Gasteiger partial charge < -0.3 is 10.1 Å². The van der Waals surface area contributed by atoms with Crippen molar-refractivity contribution in [1.29, 1.82) is 0 Å². The van der Waals surface area contributed by atoms with E-state index in [0.717, 1.165) is 16.9 Å². The number of ether oxygens (including phenoxy) is 1. The first kappa shape index (κ1) is 12.8. The van der Waals surface area contributed by atoms with Crippen molar-refractivity contribution in [1.82, 2.24) is 9.97 Å². The van der Waals surface area contributed by atoms with Gasteiger partial charge in [-0.1, -0.05) is 19.2 Å². The third-order valence-electron chi connectivity index (χ3n) is 2.62. The largest absolute Gasteiger partial charge is 0.493 e. The number of aromatic nitrogens is 2. The average molecular weight is 253 g/mol. The highest BCUT2D eigenvalue weighted by Gasteiger charge is 2.05. The Balaban J connectivity index is 2.33. The molecule has 0 spiro atoms. The number of rotatable bonds is 5. The predicted molar refractivity (Wildman–Crippen MR) is 78.5 cm³/mol. The smallest absolute Gasteiger partial charge is 0.173 e. The van der Waals surface area contributed by atoms with E-state index in [1.807, 2.05) is 18.2 Å². The van der Waals surface area contributed by atoms with Crippen molar-refractivity contribution in [2.75, 3.05) is 12.4 Å². The van der Waals surface area contributed by atoms with Crippen LogP contribution in [-0.2, 0) is 0 Å². The lowest BCUT2D eigenvalue weighted by molar-refractivity contribution is 0.415. The summed E-state index contributed by atoms with van der Waals surface area (Å²) in [5.41, 5.74) is 2.53. The molecule has 0 aliphatic heterocycles. The highest BCUT2D eigenvalue weighted by Crippen LogP contribution is 2.25. The topological polar surface area (TPSA) is 47.0 Å². The number of nitrogens with zero attached hydrogens (tertiary/aromatic N) is 2. The lowest BCUT2D eigenvalue weighted by Crippen LogP contribution is -1.98. The summed E-state index contributed by atoms with van der Waals surface area (Å²) >= 11 is 0. The summed E-state index contributed by atoms with van der Waals surface area (Å²) < 4.78 is 5.24. The zero-order valence-electron chi connectivity index (χ0n) is 10.8.